The van der Waals surface area contributed by atoms with Crippen molar-refractivity contribution >= 4 is 11.0 Å². The van der Waals surface area contributed by atoms with Crippen LogP contribution in [0.15, 0.2) is 48.5 Å². The number of aliphatic hydroxyl groups is 1. The molecule has 2 aromatic carbocycles. The normalized spacial score (nSPS) is 30.9. The fourth-order valence-electron chi connectivity index (χ4n) is 7.34. The van der Waals surface area contributed by atoms with Crippen LogP contribution in [0.5, 0.6) is 0 Å². The van der Waals surface area contributed by atoms with Crippen LogP contribution >= 0.6 is 0 Å². The van der Waals surface area contributed by atoms with Crippen LogP contribution in [0.3, 0.4) is 0 Å². The van der Waals surface area contributed by atoms with E-state index in [2.05, 4.69) is 66.9 Å². The second kappa shape index (κ2) is 8.20. The summed E-state index contributed by atoms with van der Waals surface area (Å²) < 4.78 is 9.00. The standard InChI is InChI=1S/C30H38N2O2/c1-29(2)22-17-26(29)30(3,33)27(18-22)34-19-28-31-24-15-14-21(20-10-6-4-7-11-20)16-25(24)32(28)23-12-8-5-9-13-23/h4,6-7,10-11,14-16,22-23,26-27,33H,5,8-9,12-13,17-19H2,1-3H3/t22-,26-,27+,30-/m1/s1. The summed E-state index contributed by atoms with van der Waals surface area (Å²) in [6.07, 6.45) is 8.23. The lowest BCUT2D eigenvalue weighted by Gasteiger charge is -2.64. The zero-order chi connectivity index (χ0) is 23.5. The molecule has 7 rings (SSSR count). The molecule has 0 saturated heterocycles. The Morgan fingerprint density at radius 2 is 1.74 bits per heavy atom. The molecule has 1 N–H and O–H groups in total. The second-order valence-electron chi connectivity index (χ2n) is 11.8. The Kier molecular flexibility index (Phi) is 5.38. The predicted molar refractivity (Wildman–Crippen MR) is 136 cm³/mol. The first kappa shape index (κ1) is 22.3. The molecule has 4 fully saturated rings. The fourth-order valence-corrected chi connectivity index (χ4v) is 7.34. The first-order valence-corrected chi connectivity index (χ1v) is 13.3. The van der Waals surface area contributed by atoms with Crippen molar-refractivity contribution in [2.45, 2.75) is 90.1 Å². The molecular formula is C30H38N2O2. The second-order valence-corrected chi connectivity index (χ2v) is 11.8. The van der Waals surface area contributed by atoms with E-state index in [0.717, 1.165) is 24.2 Å². The maximum Gasteiger partial charge on any atom is 0.136 e. The smallest absolute Gasteiger partial charge is 0.136 e. The molecule has 4 saturated carbocycles. The van der Waals surface area contributed by atoms with Crippen molar-refractivity contribution in [3.8, 4) is 11.1 Å². The van der Waals surface area contributed by atoms with Crippen LogP contribution in [0.25, 0.3) is 22.2 Å². The van der Waals surface area contributed by atoms with Crippen molar-refractivity contribution in [3.63, 3.8) is 0 Å². The topological polar surface area (TPSA) is 47.3 Å². The van der Waals surface area contributed by atoms with E-state index in [4.69, 9.17) is 9.72 Å². The molecule has 4 aliphatic carbocycles. The third-order valence-corrected chi connectivity index (χ3v) is 9.55. The first-order chi connectivity index (χ1) is 16.4. The minimum atomic E-state index is -0.777. The van der Waals surface area contributed by atoms with Gasteiger partial charge in [-0.25, -0.2) is 4.98 Å². The summed E-state index contributed by atoms with van der Waals surface area (Å²) in [5, 5.41) is 11.4. The third kappa shape index (κ3) is 3.53. The van der Waals surface area contributed by atoms with E-state index >= 15 is 0 Å². The monoisotopic (exact) mass is 458 g/mol. The van der Waals surface area contributed by atoms with Crippen molar-refractivity contribution < 1.29 is 9.84 Å². The molecule has 0 aliphatic heterocycles. The molecule has 34 heavy (non-hydrogen) atoms. The van der Waals surface area contributed by atoms with Gasteiger partial charge in [-0.3, -0.25) is 0 Å². The number of hydrogen-bond acceptors (Lipinski definition) is 3. The quantitative estimate of drug-likeness (QED) is 0.452. The van der Waals surface area contributed by atoms with Gasteiger partial charge in [0.15, 0.2) is 0 Å². The predicted octanol–water partition coefficient (Wildman–Crippen LogP) is 6.91. The van der Waals surface area contributed by atoms with Crippen molar-refractivity contribution in [3.05, 3.63) is 54.4 Å². The van der Waals surface area contributed by atoms with E-state index in [1.165, 1.54) is 48.7 Å². The first-order valence-electron chi connectivity index (χ1n) is 13.3. The molecule has 3 aromatic rings. The molecular weight excluding hydrogens is 420 g/mol. The number of hydrogen-bond donors (Lipinski definition) is 1. The molecule has 4 aliphatic rings. The molecule has 4 nitrogen and oxygen atoms in total. The largest absolute Gasteiger partial charge is 0.387 e. The minimum Gasteiger partial charge on any atom is -0.387 e. The summed E-state index contributed by atoms with van der Waals surface area (Å²) in [5.41, 5.74) is 4.16. The number of benzene rings is 2. The molecule has 0 spiro atoms. The van der Waals surface area contributed by atoms with Gasteiger partial charge in [-0.2, -0.15) is 0 Å². The molecule has 1 aromatic heterocycles. The van der Waals surface area contributed by atoms with Gasteiger partial charge in [0.05, 0.1) is 22.7 Å². The van der Waals surface area contributed by atoms with Crippen molar-refractivity contribution in [1.82, 2.24) is 9.55 Å². The Labute approximate surface area is 203 Å². The molecule has 180 valence electrons. The summed E-state index contributed by atoms with van der Waals surface area (Å²) in [6, 6.07) is 17.7. The van der Waals surface area contributed by atoms with Gasteiger partial charge in [0, 0.05) is 6.04 Å². The van der Waals surface area contributed by atoms with Crippen LogP contribution in [-0.2, 0) is 11.3 Å². The molecule has 1 heterocycles. The van der Waals surface area contributed by atoms with Crippen molar-refractivity contribution in [1.29, 1.82) is 0 Å². The van der Waals surface area contributed by atoms with Crippen LogP contribution in [0.1, 0.15) is 77.6 Å². The van der Waals surface area contributed by atoms with E-state index < -0.39 is 5.60 Å². The zero-order valence-electron chi connectivity index (χ0n) is 20.8. The lowest BCUT2D eigenvalue weighted by molar-refractivity contribution is -0.260. The Balaban J connectivity index is 1.33. The summed E-state index contributed by atoms with van der Waals surface area (Å²) >= 11 is 0. The van der Waals surface area contributed by atoms with Crippen LogP contribution < -0.4 is 0 Å². The summed E-state index contributed by atoms with van der Waals surface area (Å²) in [4.78, 5) is 5.07. The summed E-state index contributed by atoms with van der Waals surface area (Å²) in [6.45, 7) is 7.08. The molecule has 4 atom stereocenters. The van der Waals surface area contributed by atoms with E-state index in [1.807, 2.05) is 6.92 Å². The maximum absolute atomic E-state index is 11.4. The zero-order valence-corrected chi connectivity index (χ0v) is 20.8. The van der Waals surface area contributed by atoms with Gasteiger partial charge >= 0.3 is 0 Å². The Morgan fingerprint density at radius 1 is 0.971 bits per heavy atom. The summed E-state index contributed by atoms with van der Waals surface area (Å²) in [5.74, 6) is 1.98. The van der Waals surface area contributed by atoms with Crippen LogP contribution in [0.2, 0.25) is 0 Å². The molecule has 0 unspecified atom stereocenters. The fraction of sp³-hybridized carbons (Fsp3) is 0.567. The van der Waals surface area contributed by atoms with Crippen LogP contribution in [-0.4, -0.2) is 26.4 Å². The van der Waals surface area contributed by atoms with E-state index in [0.29, 0.717) is 24.5 Å². The van der Waals surface area contributed by atoms with E-state index in [9.17, 15) is 5.11 Å². The van der Waals surface area contributed by atoms with Gasteiger partial charge in [0.1, 0.15) is 12.4 Å². The van der Waals surface area contributed by atoms with E-state index in [-0.39, 0.29) is 11.5 Å². The van der Waals surface area contributed by atoms with Gasteiger partial charge in [0.25, 0.3) is 0 Å². The lowest BCUT2D eigenvalue weighted by Crippen LogP contribution is -2.66. The van der Waals surface area contributed by atoms with Crippen LogP contribution in [0, 0.1) is 17.3 Å². The number of fused-ring (bicyclic) bond motifs is 3. The maximum atomic E-state index is 11.4. The Morgan fingerprint density at radius 3 is 2.44 bits per heavy atom. The van der Waals surface area contributed by atoms with Gasteiger partial charge < -0.3 is 14.4 Å². The van der Waals surface area contributed by atoms with Crippen molar-refractivity contribution in [2.24, 2.45) is 17.3 Å². The van der Waals surface area contributed by atoms with Gasteiger partial charge in [0.2, 0.25) is 0 Å². The Bertz CT molecular complexity index is 1170. The highest BCUT2D eigenvalue weighted by Gasteiger charge is 2.63. The van der Waals surface area contributed by atoms with Crippen molar-refractivity contribution in [2.75, 3.05) is 0 Å². The average Bonchev–Trinajstić information content (AvgIpc) is 3.21. The Hall–Kier alpha value is -2.17. The molecule has 4 heteroatoms. The number of nitrogens with zero attached hydrogens (tertiary/aromatic N) is 2. The number of aromatic nitrogens is 2. The highest BCUT2D eigenvalue weighted by Crippen LogP contribution is 2.63. The summed E-state index contributed by atoms with van der Waals surface area (Å²) in [7, 11) is 0. The number of rotatable bonds is 5. The number of imidazole rings is 1. The van der Waals surface area contributed by atoms with Crippen LogP contribution in [0.4, 0.5) is 0 Å². The average molecular weight is 459 g/mol. The van der Waals surface area contributed by atoms with Gasteiger partial charge in [-0.15, -0.1) is 0 Å². The van der Waals surface area contributed by atoms with Gasteiger partial charge in [-0.1, -0.05) is 69.5 Å². The molecule has 0 radical (unpaired) electrons. The number of ether oxygens (including phenoxy) is 1. The molecule has 0 amide bonds. The highest BCUT2D eigenvalue weighted by molar-refractivity contribution is 5.83. The highest BCUT2D eigenvalue weighted by atomic mass is 16.5. The van der Waals surface area contributed by atoms with E-state index in [1.54, 1.807) is 0 Å². The minimum absolute atomic E-state index is 0.122. The SMILES string of the molecule is CC1(C)[C@H]2C[C@H](OCc3nc4ccc(-c5ccccc5)cc4n3C3CCCCC3)[C@](C)(O)[C@@H]1C2. The third-order valence-electron chi connectivity index (χ3n) is 9.55. The van der Waals surface area contributed by atoms with Gasteiger partial charge in [-0.05, 0) is 73.1 Å². The lowest BCUT2D eigenvalue weighted by atomic mass is 9.43. The molecule has 2 bridgehead atoms.